The van der Waals surface area contributed by atoms with Crippen molar-refractivity contribution in [3.63, 3.8) is 0 Å². The number of rotatable bonds is 6. The predicted octanol–water partition coefficient (Wildman–Crippen LogP) is 5.33. The Morgan fingerprint density at radius 2 is 1.76 bits per heavy atom. The van der Waals surface area contributed by atoms with Gasteiger partial charge in [-0.1, -0.05) is 30.3 Å². The van der Waals surface area contributed by atoms with Crippen LogP contribution in [0.5, 0.6) is 34.6 Å². The van der Waals surface area contributed by atoms with Crippen LogP contribution in [0.15, 0.2) is 60.9 Å². The maximum Gasteiger partial charge on any atom is 0.228 e. The van der Waals surface area contributed by atoms with Crippen LogP contribution in [0, 0.1) is 13.8 Å². The number of methoxy groups -OCH3 is 2. The summed E-state index contributed by atoms with van der Waals surface area (Å²) in [7, 11) is 3.21. The van der Waals surface area contributed by atoms with Gasteiger partial charge in [-0.2, -0.15) is 0 Å². The Balaban J connectivity index is 1.48. The van der Waals surface area contributed by atoms with Gasteiger partial charge in [0.1, 0.15) is 30.2 Å². The summed E-state index contributed by atoms with van der Waals surface area (Å²) < 4.78 is 24.9. The molecule has 1 aliphatic heterocycles. The van der Waals surface area contributed by atoms with Crippen LogP contribution in [0.2, 0.25) is 0 Å². The van der Waals surface area contributed by atoms with Gasteiger partial charge in [0.15, 0.2) is 23.0 Å². The number of para-hydroxylation sites is 1. The van der Waals surface area contributed by atoms with Crippen LogP contribution in [-0.2, 0) is 6.61 Å². The lowest BCUT2D eigenvalue weighted by Crippen LogP contribution is -2.15. The molecular weight excluding hydrogens is 484 g/mol. The molecule has 192 valence electrons. The molecule has 9 heteroatoms. The summed E-state index contributed by atoms with van der Waals surface area (Å²) in [6.45, 7) is 4.23. The molecule has 6 rings (SSSR count). The van der Waals surface area contributed by atoms with E-state index < -0.39 is 0 Å². The Morgan fingerprint density at radius 1 is 0.974 bits per heavy atom. The number of fused-ring (bicyclic) bond motifs is 4. The van der Waals surface area contributed by atoms with Crippen molar-refractivity contribution < 1.29 is 24.1 Å². The van der Waals surface area contributed by atoms with E-state index in [9.17, 15) is 5.11 Å². The number of hydrogen-bond donors (Lipinski definition) is 1. The number of ether oxygens (including phenoxy) is 4. The van der Waals surface area contributed by atoms with E-state index in [1.54, 1.807) is 37.2 Å². The lowest BCUT2D eigenvalue weighted by molar-refractivity contribution is 0.292. The Hall–Kier alpha value is -4.79. The number of benzene rings is 3. The molecule has 0 saturated heterocycles. The zero-order chi connectivity index (χ0) is 26.4. The minimum Gasteiger partial charge on any atom is -0.508 e. The van der Waals surface area contributed by atoms with Crippen LogP contribution in [0.25, 0.3) is 5.65 Å². The van der Waals surface area contributed by atoms with Gasteiger partial charge in [0.25, 0.3) is 0 Å². The highest BCUT2D eigenvalue weighted by Gasteiger charge is 2.34. The topological polar surface area (TPSA) is 100 Å². The summed E-state index contributed by atoms with van der Waals surface area (Å²) >= 11 is 0. The average molecular weight is 511 g/mol. The Labute approximate surface area is 219 Å². The molecule has 5 aromatic rings. The monoisotopic (exact) mass is 510 g/mol. The summed E-state index contributed by atoms with van der Waals surface area (Å²) in [4.78, 5) is 9.39. The highest BCUT2D eigenvalue weighted by Crippen LogP contribution is 2.49. The number of hydrogen-bond acceptors (Lipinski definition) is 8. The van der Waals surface area contributed by atoms with E-state index in [2.05, 4.69) is 10.1 Å². The number of phenols is 1. The van der Waals surface area contributed by atoms with E-state index in [-0.39, 0.29) is 18.3 Å². The van der Waals surface area contributed by atoms with E-state index in [1.807, 2.05) is 56.3 Å². The van der Waals surface area contributed by atoms with E-state index in [0.717, 1.165) is 33.6 Å². The molecule has 9 nitrogen and oxygen atoms in total. The van der Waals surface area contributed by atoms with E-state index in [0.29, 0.717) is 34.6 Å². The SMILES string of the molecule is COc1ccc([C@H]2c3ccc(O)cc3Oc3ncn4nc(COc5c(C)cccc5C)nc4c32)cc1OC. The van der Waals surface area contributed by atoms with Crippen molar-refractivity contribution in [2.45, 2.75) is 26.4 Å². The lowest BCUT2D eigenvalue weighted by Gasteiger charge is -2.28. The summed E-state index contributed by atoms with van der Waals surface area (Å²) in [5, 5.41) is 14.8. The number of phenolic OH excluding ortho intramolecular Hbond substituents is 1. The minimum absolute atomic E-state index is 0.104. The largest absolute Gasteiger partial charge is 0.508 e. The van der Waals surface area contributed by atoms with Gasteiger partial charge < -0.3 is 24.1 Å². The van der Waals surface area contributed by atoms with Gasteiger partial charge in [-0.15, -0.1) is 5.10 Å². The van der Waals surface area contributed by atoms with E-state index >= 15 is 0 Å². The van der Waals surface area contributed by atoms with Gasteiger partial charge in [-0.05, 0) is 48.7 Å². The molecule has 0 radical (unpaired) electrons. The molecule has 0 aliphatic carbocycles. The quantitative estimate of drug-likeness (QED) is 0.321. The maximum atomic E-state index is 10.1. The molecule has 38 heavy (non-hydrogen) atoms. The van der Waals surface area contributed by atoms with E-state index in [4.69, 9.17) is 23.9 Å². The molecule has 0 fully saturated rings. The molecule has 1 N–H and O–H groups in total. The number of nitrogens with zero attached hydrogens (tertiary/aromatic N) is 4. The van der Waals surface area contributed by atoms with Gasteiger partial charge >= 0.3 is 0 Å². The number of aryl methyl sites for hydroxylation is 2. The van der Waals surface area contributed by atoms with Crippen LogP contribution >= 0.6 is 0 Å². The highest BCUT2D eigenvalue weighted by molar-refractivity contribution is 5.67. The van der Waals surface area contributed by atoms with Gasteiger partial charge in [0.2, 0.25) is 5.88 Å². The van der Waals surface area contributed by atoms with Crippen LogP contribution in [0.3, 0.4) is 0 Å². The highest BCUT2D eigenvalue weighted by atomic mass is 16.5. The first-order valence-corrected chi connectivity index (χ1v) is 12.1. The molecule has 2 aromatic heterocycles. The second-order valence-electron chi connectivity index (χ2n) is 9.14. The predicted molar refractivity (Wildman–Crippen MR) is 140 cm³/mol. The first kappa shape index (κ1) is 23.6. The molecule has 0 spiro atoms. The fraction of sp³-hybridized carbons (Fsp3) is 0.207. The summed E-state index contributed by atoms with van der Waals surface area (Å²) in [6, 6.07) is 16.9. The summed E-state index contributed by atoms with van der Waals surface area (Å²) in [5.41, 5.74) is 5.24. The lowest BCUT2D eigenvalue weighted by atomic mass is 9.83. The van der Waals surface area contributed by atoms with Crippen molar-refractivity contribution in [1.29, 1.82) is 0 Å². The molecule has 3 aromatic carbocycles. The van der Waals surface area contributed by atoms with Gasteiger partial charge in [-0.25, -0.2) is 14.5 Å². The molecule has 0 bridgehead atoms. The summed E-state index contributed by atoms with van der Waals surface area (Å²) in [6.07, 6.45) is 1.57. The molecular formula is C29H26N4O5. The second-order valence-corrected chi connectivity index (χ2v) is 9.14. The Morgan fingerprint density at radius 3 is 2.53 bits per heavy atom. The first-order valence-electron chi connectivity index (χ1n) is 12.1. The fourth-order valence-corrected chi connectivity index (χ4v) is 4.95. The third-order valence-corrected chi connectivity index (χ3v) is 6.73. The van der Waals surface area contributed by atoms with Gasteiger partial charge in [-0.3, -0.25) is 0 Å². The molecule has 0 unspecified atom stereocenters. The molecule has 1 aliphatic rings. The van der Waals surface area contributed by atoms with Crippen molar-refractivity contribution >= 4 is 5.65 Å². The molecule has 1 atom stereocenters. The fourth-order valence-electron chi connectivity index (χ4n) is 4.95. The minimum atomic E-state index is -0.318. The third-order valence-electron chi connectivity index (χ3n) is 6.73. The van der Waals surface area contributed by atoms with E-state index in [1.165, 1.54) is 0 Å². The second kappa shape index (κ2) is 9.26. The normalized spacial score (nSPS) is 13.9. The zero-order valence-corrected chi connectivity index (χ0v) is 21.4. The van der Waals surface area contributed by atoms with Crippen LogP contribution in [0.1, 0.15) is 39.6 Å². The molecule has 0 saturated carbocycles. The average Bonchev–Trinajstić information content (AvgIpc) is 3.34. The Bertz CT molecular complexity index is 1660. The van der Waals surface area contributed by atoms with Gasteiger partial charge in [0.05, 0.1) is 19.8 Å². The third kappa shape index (κ3) is 3.92. The van der Waals surface area contributed by atoms with Crippen molar-refractivity contribution in [1.82, 2.24) is 19.6 Å². The van der Waals surface area contributed by atoms with Crippen molar-refractivity contribution in [3.8, 4) is 34.6 Å². The summed E-state index contributed by atoms with van der Waals surface area (Å²) in [5.74, 6) is 3.27. The van der Waals surface area contributed by atoms with Crippen molar-refractivity contribution in [2.24, 2.45) is 0 Å². The molecule has 3 heterocycles. The first-order chi connectivity index (χ1) is 18.5. The van der Waals surface area contributed by atoms with Crippen molar-refractivity contribution in [3.05, 3.63) is 94.6 Å². The standard InChI is InChI=1S/C29H26N4O5/c1-16-6-5-7-17(2)27(16)37-14-24-31-28-26-25(18-8-11-21(35-3)23(12-18)36-4)20-10-9-19(34)13-22(20)38-29(26)30-15-33(28)32-24/h5-13,15,25,34H,14H2,1-4H3/t25-/m0/s1. The van der Waals surface area contributed by atoms with Gasteiger partial charge in [0, 0.05) is 17.5 Å². The molecule has 0 amide bonds. The van der Waals surface area contributed by atoms with Crippen LogP contribution < -0.4 is 18.9 Å². The smallest absolute Gasteiger partial charge is 0.228 e. The van der Waals surface area contributed by atoms with Crippen LogP contribution in [-0.4, -0.2) is 38.9 Å². The zero-order valence-electron chi connectivity index (χ0n) is 21.4. The maximum absolute atomic E-state index is 10.1. The van der Waals surface area contributed by atoms with Crippen molar-refractivity contribution in [2.75, 3.05) is 14.2 Å². The van der Waals surface area contributed by atoms with Crippen LogP contribution in [0.4, 0.5) is 0 Å². The number of aromatic nitrogens is 4. The number of aromatic hydroxyl groups is 1. The Kier molecular flexibility index (Phi) is 5.75.